The lowest BCUT2D eigenvalue weighted by atomic mass is 9.84. The highest BCUT2D eigenvalue weighted by molar-refractivity contribution is 7.29. The van der Waals surface area contributed by atoms with Crippen molar-refractivity contribution in [1.82, 2.24) is 0 Å². The second kappa shape index (κ2) is 25.7. The summed E-state index contributed by atoms with van der Waals surface area (Å²) in [5.74, 6) is -136. The maximum atomic E-state index is 18.2. The third-order valence-electron chi connectivity index (χ3n) is 15.3. The summed E-state index contributed by atoms with van der Waals surface area (Å²) in [5.41, 5.74) is -60.5. The fourth-order valence-electron chi connectivity index (χ4n) is 10.6. The molecule has 0 bridgehead atoms. The van der Waals surface area contributed by atoms with Gasteiger partial charge in [-0.3, -0.25) is 0 Å². The molecule has 10 aromatic rings. The molecule has 0 heterocycles. The molecule has 102 heavy (non-hydrogen) atoms. The fourth-order valence-corrected chi connectivity index (χ4v) is 11.4. The minimum atomic E-state index is -4.09. The number of hydrogen-bond acceptors (Lipinski definition) is 0. The molecule has 0 aliphatic rings. The van der Waals surface area contributed by atoms with Crippen LogP contribution in [-0.4, -0.2) is 0 Å². The van der Waals surface area contributed by atoms with Crippen LogP contribution in [0.2, 0.25) is 0 Å². The second-order valence-electron chi connectivity index (χ2n) is 20.4. The molecule has 534 valence electrons. The molecule has 0 aliphatic heterocycles. The summed E-state index contributed by atoms with van der Waals surface area (Å²) in [6.45, 7) is -0.209. The van der Waals surface area contributed by atoms with Gasteiger partial charge in [0.05, 0.1) is 83.5 Å². The molecular formula is C61H7F39P2. The van der Waals surface area contributed by atoms with Gasteiger partial charge in [-0.2, -0.15) is 0 Å². The SMILES string of the molecule is Cc1c(F)c(-c2c(F)c(-c3c(F)c(-c4c(F)c(F)c(-c5c(F)c(F)c(F)c(F)c5F)c(F)c4F)c(F)c(-c4c(F)c(F)c(-c5c(F)c(F)c(F)c(F)c5F)c(F)c4F)c3F)c(F)c(-c3c(F)c(P)c(-c4c(F)c(F)c(F)c(F)c4F)c(F)c3P)c2F)c(F)c(F)c1-c1c(F)c(F)c(F)c(F)c1F. The predicted molar refractivity (Wildman–Crippen MR) is 277 cm³/mol. The van der Waals surface area contributed by atoms with E-state index in [2.05, 4.69) is 0 Å². The summed E-state index contributed by atoms with van der Waals surface area (Å²) >= 11 is 0. The fraction of sp³-hybridized carbons (Fsp3) is 0.0164. The van der Waals surface area contributed by atoms with E-state index < -0.39 is 343 Å². The van der Waals surface area contributed by atoms with Gasteiger partial charge in [0.15, 0.2) is 151 Å². The molecule has 0 aliphatic carbocycles. The van der Waals surface area contributed by atoms with Crippen molar-refractivity contribution in [1.29, 1.82) is 0 Å². The van der Waals surface area contributed by atoms with Crippen LogP contribution in [0.1, 0.15) is 5.56 Å². The molecular weight excluding hydrogens is 1540 g/mol. The molecule has 2 atom stereocenters. The smallest absolute Gasteiger partial charge is 0.200 e. The molecule has 41 heteroatoms. The van der Waals surface area contributed by atoms with Crippen molar-refractivity contribution in [3.05, 3.63) is 232 Å². The van der Waals surface area contributed by atoms with Crippen LogP contribution in [0, 0.1) is 234 Å². The van der Waals surface area contributed by atoms with E-state index in [1.54, 1.807) is 0 Å². The number of halogens is 39. The Labute approximate surface area is 538 Å². The average Bonchev–Trinajstić information content (AvgIpc) is 0.702. The average molecular weight is 1540 g/mol. The van der Waals surface area contributed by atoms with Gasteiger partial charge >= 0.3 is 0 Å². The highest BCUT2D eigenvalue weighted by atomic mass is 31.0. The largest absolute Gasteiger partial charge is 0.206 e. The molecule has 0 spiro atoms. The first-order chi connectivity index (χ1) is 47.2. The molecule has 0 aromatic heterocycles. The Kier molecular flexibility index (Phi) is 18.9. The highest BCUT2D eigenvalue weighted by Crippen LogP contribution is 2.54. The molecule has 0 amide bonds. The number of benzene rings is 10. The minimum Gasteiger partial charge on any atom is -0.206 e. The lowest BCUT2D eigenvalue weighted by Gasteiger charge is -2.24. The standard InChI is InChI=1S/C61H7F39P2/c1-2-3(4-38(79)48(89)56(97)49(90)39(4)80)28(69)29(70)5(21(2)62)6-22(63)8(27(68)17(26(6)67)19-46(87)61(102)20(47(88)60(19)101)18-44(85)54(95)59(100)55(96)45(18)86)7-23(64)9(11-30(71)34(75)13(35(76)31(11)72)15-40(81)50(91)57(98)51(92)41(15)82)25(66)10(24(7)65)12-32(73)36(77)14(37(78)33(12)74)16-42(83)52(93)58(99)53(94)43(16)84/h101-102H2,1H3. The summed E-state index contributed by atoms with van der Waals surface area (Å²) in [5, 5.41) is -4.56. The van der Waals surface area contributed by atoms with Gasteiger partial charge in [0.25, 0.3) is 0 Å². The Bertz CT molecular complexity index is 4650. The molecule has 2 unspecified atom stereocenters. The Morgan fingerprint density at radius 1 is 0.108 bits per heavy atom. The van der Waals surface area contributed by atoms with Gasteiger partial charge in [-0.1, -0.05) is 0 Å². The first-order valence-corrected chi connectivity index (χ1v) is 26.9. The van der Waals surface area contributed by atoms with Gasteiger partial charge in [0.1, 0.15) is 52.4 Å². The normalized spacial score (nSPS) is 11.8. The maximum Gasteiger partial charge on any atom is 0.200 e. The van der Waals surface area contributed by atoms with E-state index in [1.807, 2.05) is 0 Å². The van der Waals surface area contributed by atoms with Crippen molar-refractivity contribution >= 4 is 29.1 Å². The number of hydrogen-bond donors (Lipinski definition) is 0. The van der Waals surface area contributed by atoms with Gasteiger partial charge in [0.2, 0.25) is 23.3 Å². The summed E-state index contributed by atoms with van der Waals surface area (Å²) in [6, 6.07) is 0. The van der Waals surface area contributed by atoms with Crippen molar-refractivity contribution in [2.45, 2.75) is 6.92 Å². The van der Waals surface area contributed by atoms with Crippen molar-refractivity contribution in [2.24, 2.45) is 0 Å². The molecule has 0 radical (unpaired) electrons. The van der Waals surface area contributed by atoms with Gasteiger partial charge in [0, 0.05) is 27.3 Å². The predicted octanol–water partition coefficient (Wildman–Crippen LogP) is 21.4. The van der Waals surface area contributed by atoms with E-state index in [1.165, 1.54) is 0 Å². The quantitative estimate of drug-likeness (QED) is 0.0585. The van der Waals surface area contributed by atoms with Crippen LogP contribution in [0.5, 0.6) is 0 Å². The van der Waals surface area contributed by atoms with Crippen LogP contribution in [0.4, 0.5) is 171 Å². The number of rotatable bonds is 9. The van der Waals surface area contributed by atoms with Crippen LogP contribution < -0.4 is 10.6 Å². The van der Waals surface area contributed by atoms with E-state index in [0.717, 1.165) is 18.5 Å². The Hall–Kier alpha value is -9.67. The Morgan fingerprint density at radius 3 is 0.382 bits per heavy atom. The van der Waals surface area contributed by atoms with Crippen LogP contribution in [0.15, 0.2) is 0 Å². The van der Waals surface area contributed by atoms with Crippen LogP contribution in [-0.2, 0) is 0 Å². The van der Waals surface area contributed by atoms with Gasteiger partial charge in [-0.15, -0.1) is 18.5 Å². The zero-order chi connectivity index (χ0) is 76.6. The molecule has 0 saturated heterocycles. The molecule has 10 rings (SSSR count). The third-order valence-corrected chi connectivity index (χ3v) is 16.3. The van der Waals surface area contributed by atoms with Gasteiger partial charge in [-0.25, -0.2) is 171 Å². The topological polar surface area (TPSA) is 0 Å². The first kappa shape index (κ1) is 75.0. The van der Waals surface area contributed by atoms with Crippen molar-refractivity contribution in [3.63, 3.8) is 0 Å². The zero-order valence-electron chi connectivity index (χ0n) is 46.9. The summed E-state index contributed by atoms with van der Waals surface area (Å²) in [6.07, 6.45) is 0. The maximum absolute atomic E-state index is 18.2. The van der Waals surface area contributed by atoms with Crippen molar-refractivity contribution in [3.8, 4) is 100 Å². The van der Waals surface area contributed by atoms with Gasteiger partial charge < -0.3 is 0 Å². The summed E-state index contributed by atoms with van der Waals surface area (Å²) in [7, 11) is 1.57. The molecule has 0 saturated carbocycles. The van der Waals surface area contributed by atoms with E-state index in [9.17, 15) is 52.7 Å². The Balaban J connectivity index is 1.47. The highest BCUT2D eigenvalue weighted by Gasteiger charge is 2.46. The van der Waals surface area contributed by atoms with Crippen molar-refractivity contribution in [2.75, 3.05) is 0 Å². The van der Waals surface area contributed by atoms with Crippen LogP contribution >= 0.6 is 18.5 Å². The van der Waals surface area contributed by atoms with E-state index in [0.29, 0.717) is 0 Å². The lowest BCUT2D eigenvalue weighted by Crippen LogP contribution is -2.22. The van der Waals surface area contributed by atoms with E-state index in [-0.39, 0.29) is 6.92 Å². The minimum absolute atomic E-state index is 0.209. The molecule has 0 nitrogen and oxygen atoms in total. The van der Waals surface area contributed by atoms with Crippen LogP contribution in [0.25, 0.3) is 100 Å². The van der Waals surface area contributed by atoms with Crippen LogP contribution in [0.3, 0.4) is 0 Å². The monoisotopic (exact) mass is 1540 g/mol. The molecule has 0 fully saturated rings. The molecule has 10 aromatic carbocycles. The second-order valence-corrected chi connectivity index (χ2v) is 21.6. The zero-order valence-corrected chi connectivity index (χ0v) is 49.2. The van der Waals surface area contributed by atoms with Crippen molar-refractivity contribution < 1.29 is 171 Å². The van der Waals surface area contributed by atoms with E-state index >= 15 is 119 Å². The summed E-state index contributed by atoms with van der Waals surface area (Å²) in [4.78, 5) is 0. The molecule has 0 N–H and O–H groups in total. The Morgan fingerprint density at radius 2 is 0.206 bits per heavy atom. The first-order valence-electron chi connectivity index (χ1n) is 25.7. The summed E-state index contributed by atoms with van der Waals surface area (Å²) < 4.78 is 618. The van der Waals surface area contributed by atoms with Gasteiger partial charge in [-0.05, 0) is 12.5 Å². The van der Waals surface area contributed by atoms with E-state index in [4.69, 9.17) is 0 Å². The lowest BCUT2D eigenvalue weighted by molar-refractivity contribution is 0.379. The third kappa shape index (κ3) is 10.2.